The first-order valence-corrected chi connectivity index (χ1v) is 6.36. The van der Waals surface area contributed by atoms with Gasteiger partial charge in [-0.15, -0.1) is 0 Å². The zero-order valence-corrected chi connectivity index (χ0v) is 10.7. The molecule has 0 saturated carbocycles. The highest BCUT2D eigenvalue weighted by molar-refractivity contribution is 6.25. The molecule has 7 nitrogen and oxygen atoms in total. The van der Waals surface area contributed by atoms with E-state index in [2.05, 4.69) is 0 Å². The predicted molar refractivity (Wildman–Crippen MR) is 67.2 cm³/mol. The van der Waals surface area contributed by atoms with Crippen LogP contribution in [0.25, 0.3) is 0 Å². The molecule has 0 saturated heterocycles. The Balaban J connectivity index is 2.36. The molecule has 0 aromatic rings. The van der Waals surface area contributed by atoms with Crippen LogP contribution in [0.4, 0.5) is 0 Å². The van der Waals surface area contributed by atoms with E-state index in [4.69, 9.17) is 10.8 Å². The van der Waals surface area contributed by atoms with E-state index in [1.54, 1.807) is 4.58 Å². The highest BCUT2D eigenvalue weighted by atomic mass is 16.4. The standard InChI is InChI=1S/C12H20N2O5/c13-9(12(18)19)3-1-2-4-14-6-8(15)5-10(16)11(17)7-14/h6,9-11,16-17H,1-5,7,13H2/p+1/t9?,10-,11-/m0/s1/i7+1. The lowest BCUT2D eigenvalue weighted by Gasteiger charge is -2.11. The number of Topliss-reactive ketones (excluding diaryl/α,β-unsaturated/α-hetero) is 1. The molecule has 0 amide bonds. The number of carboxylic acids is 1. The number of aliphatic carboxylic acids is 1. The lowest BCUT2D eigenvalue weighted by molar-refractivity contribution is -0.532. The van der Waals surface area contributed by atoms with Crippen LogP contribution in [0, 0.1) is 0 Å². The van der Waals surface area contributed by atoms with Crippen molar-refractivity contribution in [2.75, 3.05) is 13.1 Å². The van der Waals surface area contributed by atoms with Crippen molar-refractivity contribution in [3.63, 3.8) is 0 Å². The van der Waals surface area contributed by atoms with Gasteiger partial charge in [0, 0.05) is 12.8 Å². The first kappa shape index (κ1) is 15.7. The van der Waals surface area contributed by atoms with Crippen LogP contribution in [0.15, 0.2) is 0 Å². The van der Waals surface area contributed by atoms with E-state index < -0.39 is 24.2 Å². The molecule has 1 unspecified atom stereocenters. The Morgan fingerprint density at radius 2 is 2.11 bits per heavy atom. The van der Waals surface area contributed by atoms with Gasteiger partial charge < -0.3 is 21.1 Å². The van der Waals surface area contributed by atoms with Crippen LogP contribution in [0.3, 0.4) is 0 Å². The van der Waals surface area contributed by atoms with E-state index in [1.807, 2.05) is 0 Å². The van der Waals surface area contributed by atoms with Gasteiger partial charge in [-0.25, -0.2) is 4.58 Å². The van der Waals surface area contributed by atoms with Crippen molar-refractivity contribution in [3.8, 4) is 0 Å². The number of aliphatic hydroxyl groups excluding tert-OH is 2. The van der Waals surface area contributed by atoms with E-state index in [9.17, 15) is 19.8 Å². The van der Waals surface area contributed by atoms with Gasteiger partial charge in [0.1, 0.15) is 18.7 Å². The summed E-state index contributed by atoms with van der Waals surface area (Å²) in [5.74, 6) is -1.23. The van der Waals surface area contributed by atoms with Gasteiger partial charge in [-0.1, -0.05) is 0 Å². The minimum absolute atomic E-state index is 0.0679. The Bertz CT molecular complexity index is 369. The van der Waals surface area contributed by atoms with Crippen LogP contribution in [0.5, 0.6) is 0 Å². The van der Waals surface area contributed by atoms with Crippen molar-refractivity contribution in [1.29, 1.82) is 0 Å². The normalized spacial score (nSPS) is 25.6. The van der Waals surface area contributed by atoms with E-state index >= 15 is 0 Å². The molecule has 7 heteroatoms. The highest BCUT2D eigenvalue weighted by Crippen LogP contribution is 2.06. The second-order valence-corrected chi connectivity index (χ2v) is 4.87. The summed E-state index contributed by atoms with van der Waals surface area (Å²) in [6, 6.07) is -0.859. The summed E-state index contributed by atoms with van der Waals surface area (Å²) in [5, 5.41) is 27.7. The number of nitrogens with two attached hydrogens (primary N) is 1. The zero-order valence-electron chi connectivity index (χ0n) is 10.7. The molecule has 0 aliphatic carbocycles. The maximum atomic E-state index is 11.4. The molecule has 3 atom stereocenters. The molecular formula is C12H21N2O5+. The van der Waals surface area contributed by atoms with Crippen LogP contribution in [-0.2, 0) is 9.59 Å². The number of ketones is 1. The summed E-state index contributed by atoms with van der Waals surface area (Å²) >= 11 is 0. The molecule has 0 spiro atoms. The number of carbonyl (C=O) groups is 2. The summed E-state index contributed by atoms with van der Waals surface area (Å²) in [4.78, 5) is 21.9. The number of unbranched alkanes of at least 4 members (excludes halogenated alkanes) is 1. The first-order valence-electron chi connectivity index (χ1n) is 6.36. The van der Waals surface area contributed by atoms with Gasteiger partial charge in [-0.3, -0.25) is 9.59 Å². The third kappa shape index (κ3) is 5.46. The lowest BCUT2D eigenvalue weighted by Crippen LogP contribution is -2.33. The third-order valence-electron chi connectivity index (χ3n) is 3.13. The number of rotatable bonds is 6. The van der Waals surface area contributed by atoms with Crippen LogP contribution in [0.1, 0.15) is 25.7 Å². The predicted octanol–water partition coefficient (Wildman–Crippen LogP) is -1.65. The molecular weight excluding hydrogens is 253 g/mol. The number of β-amino-alcohol motifs (C(OH)–C–C–N with tert-alkyl or cyclic N) is 1. The van der Waals surface area contributed by atoms with Gasteiger partial charge in [0.25, 0.3) is 0 Å². The molecule has 5 N–H and O–H groups in total. The van der Waals surface area contributed by atoms with Gasteiger partial charge in [0.05, 0.1) is 6.10 Å². The lowest BCUT2D eigenvalue weighted by atomic mass is 10.1. The fourth-order valence-electron chi connectivity index (χ4n) is 1.97. The minimum Gasteiger partial charge on any atom is -0.480 e. The average Bonchev–Trinajstić information content (AvgIpc) is 2.44. The molecule has 0 radical (unpaired) electrons. The van der Waals surface area contributed by atoms with E-state index in [0.29, 0.717) is 25.8 Å². The van der Waals surface area contributed by atoms with Crippen molar-refractivity contribution < 1.29 is 29.5 Å². The molecule has 1 rings (SSSR count). The van der Waals surface area contributed by atoms with E-state index in [0.717, 1.165) is 0 Å². The summed E-state index contributed by atoms with van der Waals surface area (Å²) in [5.41, 5.74) is 5.37. The van der Waals surface area contributed by atoms with Gasteiger partial charge >= 0.3 is 5.97 Å². The summed E-state index contributed by atoms with van der Waals surface area (Å²) in [7, 11) is 0. The Morgan fingerprint density at radius 3 is 2.74 bits per heavy atom. The largest absolute Gasteiger partial charge is 0.480 e. The second-order valence-electron chi connectivity index (χ2n) is 4.87. The van der Waals surface area contributed by atoms with Crippen LogP contribution < -0.4 is 5.73 Å². The zero-order chi connectivity index (χ0) is 14.4. The first-order chi connectivity index (χ1) is 8.90. The van der Waals surface area contributed by atoms with Gasteiger partial charge in [0.15, 0.2) is 6.54 Å². The number of hydrogen-bond acceptors (Lipinski definition) is 5. The third-order valence-corrected chi connectivity index (χ3v) is 3.13. The number of carboxylic acid groups (broad SMARTS) is 1. The fourth-order valence-corrected chi connectivity index (χ4v) is 1.97. The minimum atomic E-state index is -1.02. The van der Waals surface area contributed by atoms with Gasteiger partial charge in [-0.05, 0) is 12.8 Å². The van der Waals surface area contributed by atoms with Crippen molar-refractivity contribution in [3.05, 3.63) is 0 Å². The Kier molecular flexibility index (Phi) is 6.07. The van der Waals surface area contributed by atoms with Crippen LogP contribution in [0.2, 0.25) is 0 Å². The summed E-state index contributed by atoms with van der Waals surface area (Å²) in [6.45, 7) is 0.736. The maximum Gasteiger partial charge on any atom is 0.320 e. The topological polar surface area (TPSA) is 124 Å². The Morgan fingerprint density at radius 1 is 1.42 bits per heavy atom. The Hall–Kier alpha value is -1.31. The Labute approximate surface area is 111 Å². The molecule has 0 bridgehead atoms. The average molecular weight is 274 g/mol. The van der Waals surface area contributed by atoms with Gasteiger partial charge in [-0.2, -0.15) is 0 Å². The van der Waals surface area contributed by atoms with Crippen molar-refractivity contribution in [2.24, 2.45) is 5.73 Å². The van der Waals surface area contributed by atoms with Crippen molar-refractivity contribution in [2.45, 2.75) is 43.9 Å². The molecule has 1 aliphatic heterocycles. The highest BCUT2D eigenvalue weighted by Gasteiger charge is 2.28. The molecule has 1 aliphatic rings. The molecule has 0 fully saturated rings. The quantitative estimate of drug-likeness (QED) is 0.261. The van der Waals surface area contributed by atoms with E-state index in [1.165, 1.54) is 6.21 Å². The molecule has 19 heavy (non-hydrogen) atoms. The van der Waals surface area contributed by atoms with E-state index in [-0.39, 0.29) is 18.7 Å². The monoisotopic (exact) mass is 274 g/mol. The van der Waals surface area contributed by atoms with Crippen molar-refractivity contribution in [1.82, 2.24) is 0 Å². The number of carbonyl (C=O) groups excluding carboxylic acids is 1. The molecule has 0 aromatic heterocycles. The summed E-state index contributed by atoms with van der Waals surface area (Å²) in [6.07, 6.45) is 1.05. The molecule has 1 heterocycles. The van der Waals surface area contributed by atoms with Gasteiger partial charge in [0.2, 0.25) is 12.0 Å². The smallest absolute Gasteiger partial charge is 0.320 e. The number of nitrogens with zero attached hydrogens (tertiary/aromatic N) is 1. The molecule has 108 valence electrons. The maximum absolute atomic E-state index is 11.4. The second kappa shape index (κ2) is 7.32. The number of hydrogen-bond donors (Lipinski definition) is 4. The van der Waals surface area contributed by atoms with Crippen molar-refractivity contribution >= 4 is 18.0 Å². The van der Waals surface area contributed by atoms with Crippen LogP contribution in [-0.4, -0.2) is 69.2 Å². The van der Waals surface area contributed by atoms with Crippen LogP contribution >= 0.6 is 0 Å². The SMILES string of the molecule is NC(CCCC[N+]1=CC(=O)C[C@H](O)[C@@H](O)[13CH2]1)C(=O)O. The molecule has 0 aromatic carbocycles. The summed E-state index contributed by atoms with van der Waals surface area (Å²) < 4.78 is 1.66. The number of aliphatic hydroxyl groups is 2. The fraction of sp³-hybridized carbons (Fsp3) is 0.750.